The number of β-amino-alcohol motifs (C(OH)–C–C–N with tert-alkyl or cyclic N) is 1. The summed E-state index contributed by atoms with van der Waals surface area (Å²) in [6.07, 6.45) is 0.0266. The summed E-state index contributed by atoms with van der Waals surface area (Å²) in [5.41, 5.74) is 2.55. The first-order valence-electron chi connectivity index (χ1n) is 6.68. The molecule has 0 bridgehead atoms. The van der Waals surface area contributed by atoms with E-state index in [1.807, 2.05) is 18.5 Å². The van der Waals surface area contributed by atoms with E-state index in [-0.39, 0.29) is 18.0 Å². The molecule has 1 aliphatic rings. The number of carbonyl (C=O) groups excluding carboxylic acids is 1. The van der Waals surface area contributed by atoms with Crippen LogP contribution in [0.5, 0.6) is 0 Å². The van der Waals surface area contributed by atoms with Crippen molar-refractivity contribution in [3.8, 4) is 0 Å². The molecule has 3 N–H and O–H groups in total. The molecule has 0 spiro atoms. The molecule has 2 heterocycles. The summed E-state index contributed by atoms with van der Waals surface area (Å²) in [6, 6.07) is -0.0630. The van der Waals surface area contributed by atoms with Crippen molar-refractivity contribution in [2.24, 2.45) is 0 Å². The molecule has 1 fully saturated rings. The molecule has 2 rings (SSSR count). The number of hydrogen-bond acceptors (Lipinski definition) is 4. The van der Waals surface area contributed by atoms with Gasteiger partial charge in [-0.05, 0) is 34.1 Å². The molecule has 6 nitrogen and oxygen atoms in total. The maximum atomic E-state index is 12.1. The first kappa shape index (κ1) is 14.0. The zero-order valence-corrected chi connectivity index (χ0v) is 11.9. The molecule has 1 aromatic heterocycles. The van der Waals surface area contributed by atoms with E-state index in [1.165, 1.54) is 0 Å². The van der Waals surface area contributed by atoms with E-state index in [4.69, 9.17) is 0 Å². The van der Waals surface area contributed by atoms with Crippen molar-refractivity contribution >= 4 is 11.6 Å². The van der Waals surface area contributed by atoms with Crippen molar-refractivity contribution < 1.29 is 9.90 Å². The molecule has 6 heteroatoms. The zero-order valence-electron chi connectivity index (χ0n) is 11.9. The van der Waals surface area contributed by atoms with E-state index < -0.39 is 6.10 Å². The quantitative estimate of drug-likeness (QED) is 0.754. The highest BCUT2D eigenvalue weighted by Crippen LogP contribution is 2.23. The molecule has 0 radical (unpaired) electrons. The van der Waals surface area contributed by atoms with Crippen LogP contribution in [0.3, 0.4) is 0 Å². The number of anilines is 1. The normalized spacial score (nSPS) is 23.1. The van der Waals surface area contributed by atoms with Gasteiger partial charge in [0.15, 0.2) is 0 Å². The third kappa shape index (κ3) is 2.79. The van der Waals surface area contributed by atoms with Crippen LogP contribution in [-0.2, 0) is 4.79 Å². The van der Waals surface area contributed by atoms with Gasteiger partial charge in [0.05, 0.1) is 29.2 Å². The van der Waals surface area contributed by atoms with Gasteiger partial charge < -0.3 is 15.7 Å². The lowest BCUT2D eigenvalue weighted by Crippen LogP contribution is -2.35. The van der Waals surface area contributed by atoms with Crippen LogP contribution in [-0.4, -0.2) is 39.5 Å². The smallest absolute Gasteiger partial charge is 0.241 e. The van der Waals surface area contributed by atoms with Crippen LogP contribution in [0.4, 0.5) is 5.69 Å². The van der Waals surface area contributed by atoms with E-state index in [9.17, 15) is 9.90 Å². The van der Waals surface area contributed by atoms with Crippen LogP contribution in [0.1, 0.15) is 37.7 Å². The molecule has 1 aliphatic heterocycles. The number of amides is 1. The van der Waals surface area contributed by atoms with E-state index in [0.29, 0.717) is 13.0 Å². The fraction of sp³-hybridized carbons (Fsp3) is 0.692. The molecular formula is C13H22N4O2. The number of aliphatic hydroxyl groups excluding tert-OH is 1. The standard InChI is InChI=1S/C13H22N4O2/c1-7(2)17-9(4)12(8(3)16-17)15-13(19)11-5-10(18)6-14-11/h7,10-11,14,18H,5-6H2,1-4H3,(H,15,19). The number of hydrogen-bond donors (Lipinski definition) is 3. The van der Waals surface area contributed by atoms with Gasteiger partial charge in [0, 0.05) is 12.6 Å². The molecule has 2 unspecified atom stereocenters. The average Bonchev–Trinajstić information content (AvgIpc) is 2.87. The minimum atomic E-state index is -0.434. The predicted octanol–water partition coefficient (Wildman–Crippen LogP) is 0.742. The van der Waals surface area contributed by atoms with Crippen LogP contribution in [0, 0.1) is 13.8 Å². The number of aromatic nitrogens is 2. The second-order valence-corrected chi connectivity index (χ2v) is 5.42. The van der Waals surface area contributed by atoms with Crippen molar-refractivity contribution in [1.82, 2.24) is 15.1 Å². The zero-order chi connectivity index (χ0) is 14.2. The van der Waals surface area contributed by atoms with E-state index >= 15 is 0 Å². The van der Waals surface area contributed by atoms with Gasteiger partial charge in [-0.2, -0.15) is 5.10 Å². The first-order chi connectivity index (χ1) is 8.90. The highest BCUT2D eigenvalue weighted by atomic mass is 16.3. The van der Waals surface area contributed by atoms with Crippen molar-refractivity contribution in [3.05, 3.63) is 11.4 Å². The number of nitrogens with zero attached hydrogens (tertiary/aromatic N) is 2. The third-order valence-electron chi connectivity index (χ3n) is 3.49. The molecule has 1 aromatic rings. The Balaban J connectivity index is 2.13. The maximum absolute atomic E-state index is 12.1. The minimum absolute atomic E-state index is 0.106. The molecule has 2 atom stereocenters. The van der Waals surface area contributed by atoms with Crippen molar-refractivity contribution in [3.63, 3.8) is 0 Å². The number of aryl methyl sites for hydroxylation is 1. The lowest BCUT2D eigenvalue weighted by atomic mass is 10.2. The monoisotopic (exact) mass is 266 g/mol. The maximum Gasteiger partial charge on any atom is 0.241 e. The van der Waals surface area contributed by atoms with Gasteiger partial charge >= 0.3 is 0 Å². The van der Waals surface area contributed by atoms with Gasteiger partial charge in [-0.3, -0.25) is 9.48 Å². The fourth-order valence-electron chi connectivity index (χ4n) is 2.47. The van der Waals surface area contributed by atoms with Crippen LogP contribution in [0.2, 0.25) is 0 Å². The Kier molecular flexibility index (Phi) is 3.91. The lowest BCUT2D eigenvalue weighted by molar-refractivity contribution is -0.117. The summed E-state index contributed by atoms with van der Waals surface area (Å²) < 4.78 is 1.90. The van der Waals surface area contributed by atoms with Crippen LogP contribution >= 0.6 is 0 Å². The Morgan fingerprint density at radius 2 is 2.21 bits per heavy atom. The molecule has 106 valence electrons. The molecule has 0 saturated carbocycles. The van der Waals surface area contributed by atoms with Crippen LogP contribution in [0.15, 0.2) is 0 Å². The minimum Gasteiger partial charge on any atom is -0.392 e. The van der Waals surface area contributed by atoms with Crippen molar-refractivity contribution in [1.29, 1.82) is 0 Å². The van der Waals surface area contributed by atoms with Gasteiger partial charge in [0.25, 0.3) is 0 Å². The number of rotatable bonds is 3. The number of aliphatic hydroxyl groups is 1. The molecule has 1 saturated heterocycles. The Morgan fingerprint density at radius 1 is 1.53 bits per heavy atom. The summed E-state index contributed by atoms with van der Waals surface area (Å²) in [5, 5.41) is 19.8. The van der Waals surface area contributed by atoms with Crippen molar-refractivity contribution in [2.75, 3.05) is 11.9 Å². The topological polar surface area (TPSA) is 79.2 Å². The lowest BCUT2D eigenvalue weighted by Gasteiger charge is -2.12. The second kappa shape index (κ2) is 5.30. The highest BCUT2D eigenvalue weighted by molar-refractivity contribution is 5.96. The second-order valence-electron chi connectivity index (χ2n) is 5.42. The van der Waals surface area contributed by atoms with E-state index in [0.717, 1.165) is 17.1 Å². The number of carbonyl (C=O) groups is 1. The Bertz CT molecular complexity index is 481. The van der Waals surface area contributed by atoms with Gasteiger partial charge in [-0.15, -0.1) is 0 Å². The Hall–Kier alpha value is -1.40. The summed E-state index contributed by atoms with van der Waals surface area (Å²) in [7, 11) is 0. The van der Waals surface area contributed by atoms with Crippen molar-refractivity contribution in [2.45, 2.75) is 52.3 Å². The van der Waals surface area contributed by atoms with Gasteiger partial charge in [-0.1, -0.05) is 0 Å². The average molecular weight is 266 g/mol. The molecule has 1 amide bonds. The number of nitrogens with one attached hydrogen (secondary N) is 2. The van der Waals surface area contributed by atoms with Gasteiger partial charge in [0.1, 0.15) is 0 Å². The largest absolute Gasteiger partial charge is 0.392 e. The third-order valence-corrected chi connectivity index (χ3v) is 3.49. The van der Waals surface area contributed by atoms with E-state index in [1.54, 1.807) is 0 Å². The molecule has 0 aromatic carbocycles. The summed E-state index contributed by atoms with van der Waals surface area (Å²) in [5.74, 6) is -0.106. The van der Waals surface area contributed by atoms with Crippen LogP contribution < -0.4 is 10.6 Å². The molecule has 0 aliphatic carbocycles. The highest BCUT2D eigenvalue weighted by Gasteiger charge is 2.29. The van der Waals surface area contributed by atoms with Crippen LogP contribution in [0.25, 0.3) is 0 Å². The summed E-state index contributed by atoms with van der Waals surface area (Å²) in [4.78, 5) is 12.1. The first-order valence-corrected chi connectivity index (χ1v) is 6.68. The Labute approximate surface area is 113 Å². The van der Waals surface area contributed by atoms with Gasteiger partial charge in [-0.25, -0.2) is 0 Å². The fourth-order valence-corrected chi connectivity index (χ4v) is 2.47. The van der Waals surface area contributed by atoms with Gasteiger partial charge in [0.2, 0.25) is 5.91 Å². The molecule has 19 heavy (non-hydrogen) atoms. The van der Waals surface area contributed by atoms with E-state index in [2.05, 4.69) is 29.6 Å². The predicted molar refractivity (Wildman–Crippen MR) is 73.1 cm³/mol. The molecular weight excluding hydrogens is 244 g/mol. The Morgan fingerprint density at radius 3 is 2.68 bits per heavy atom. The summed E-state index contributed by atoms with van der Waals surface area (Å²) >= 11 is 0. The SMILES string of the molecule is Cc1nn(C(C)C)c(C)c1NC(=O)C1CC(O)CN1. The summed E-state index contributed by atoms with van der Waals surface area (Å²) in [6.45, 7) is 8.42.